The Hall–Kier alpha value is -1.91. The van der Waals surface area contributed by atoms with E-state index in [9.17, 15) is 5.11 Å². The number of rotatable bonds is 2. The molecule has 6 N–H and O–H groups in total. The van der Waals surface area contributed by atoms with Gasteiger partial charge in [-0.25, -0.2) is 4.99 Å². The van der Waals surface area contributed by atoms with Gasteiger partial charge in [0.15, 0.2) is 5.96 Å². The van der Waals surface area contributed by atoms with E-state index in [1.807, 2.05) is 0 Å². The minimum Gasteiger partial charge on any atom is -0.508 e. The van der Waals surface area contributed by atoms with E-state index < -0.39 is 0 Å². The van der Waals surface area contributed by atoms with Crippen molar-refractivity contribution in [3.05, 3.63) is 23.8 Å². The number of aromatic hydroxyl groups is 2. The molecule has 5 heteroatoms. The molecule has 0 fully saturated rings. The van der Waals surface area contributed by atoms with Gasteiger partial charge in [-0.3, -0.25) is 0 Å². The predicted molar refractivity (Wildman–Crippen MR) is 54.0 cm³/mol. The summed E-state index contributed by atoms with van der Waals surface area (Å²) in [5.74, 6) is -0.0596. The zero-order valence-corrected chi connectivity index (χ0v) is 7.81. The van der Waals surface area contributed by atoms with E-state index in [1.54, 1.807) is 13.0 Å². The summed E-state index contributed by atoms with van der Waals surface area (Å²) in [4.78, 5) is 3.87. The molecule has 0 saturated heterocycles. The van der Waals surface area contributed by atoms with Crippen molar-refractivity contribution in [2.75, 3.05) is 0 Å². The number of guanidine groups is 1. The van der Waals surface area contributed by atoms with E-state index in [4.69, 9.17) is 16.6 Å². The molecular weight excluding hydrogens is 182 g/mol. The number of benzene rings is 1. The Kier molecular flexibility index (Phi) is 2.81. The maximum absolute atomic E-state index is 9.46. The highest BCUT2D eigenvalue weighted by atomic mass is 16.3. The zero-order valence-electron chi connectivity index (χ0n) is 7.81. The summed E-state index contributed by atoms with van der Waals surface area (Å²) < 4.78 is 0. The largest absolute Gasteiger partial charge is 0.508 e. The van der Waals surface area contributed by atoms with Crippen molar-refractivity contribution < 1.29 is 10.2 Å². The molecule has 14 heavy (non-hydrogen) atoms. The van der Waals surface area contributed by atoms with Crippen LogP contribution in [0, 0.1) is 0 Å². The number of nitrogens with zero attached hydrogens (tertiary/aromatic N) is 1. The van der Waals surface area contributed by atoms with Gasteiger partial charge in [0, 0.05) is 11.6 Å². The molecular formula is C9H13N3O2. The third-order valence-electron chi connectivity index (χ3n) is 1.81. The quantitative estimate of drug-likeness (QED) is 0.405. The Labute approximate surface area is 81.7 Å². The van der Waals surface area contributed by atoms with Gasteiger partial charge in [-0.2, -0.15) is 0 Å². The first-order valence-corrected chi connectivity index (χ1v) is 4.11. The molecule has 0 spiro atoms. The number of nitrogens with two attached hydrogens (primary N) is 2. The first-order chi connectivity index (χ1) is 6.50. The van der Waals surface area contributed by atoms with E-state index >= 15 is 0 Å². The van der Waals surface area contributed by atoms with Gasteiger partial charge in [-0.15, -0.1) is 0 Å². The molecule has 0 aliphatic rings. The summed E-state index contributed by atoms with van der Waals surface area (Å²) in [6, 6.07) is 3.95. The van der Waals surface area contributed by atoms with E-state index in [2.05, 4.69) is 4.99 Å². The normalized spacial score (nSPS) is 12.1. The average molecular weight is 195 g/mol. The molecule has 0 bridgehead atoms. The second-order valence-electron chi connectivity index (χ2n) is 2.97. The van der Waals surface area contributed by atoms with Crippen LogP contribution in [0.3, 0.4) is 0 Å². The van der Waals surface area contributed by atoms with Crippen molar-refractivity contribution in [2.45, 2.75) is 13.0 Å². The van der Waals surface area contributed by atoms with Crippen LogP contribution in [0.5, 0.6) is 11.5 Å². The molecule has 1 aromatic rings. The van der Waals surface area contributed by atoms with Gasteiger partial charge in [0.25, 0.3) is 0 Å². The lowest BCUT2D eigenvalue weighted by Crippen LogP contribution is -2.23. The highest BCUT2D eigenvalue weighted by Gasteiger charge is 2.09. The van der Waals surface area contributed by atoms with E-state index in [1.165, 1.54) is 12.1 Å². The van der Waals surface area contributed by atoms with Gasteiger partial charge in [0.2, 0.25) is 0 Å². The molecule has 0 heterocycles. The van der Waals surface area contributed by atoms with E-state index in [0.717, 1.165) is 0 Å². The van der Waals surface area contributed by atoms with Crippen LogP contribution in [0.15, 0.2) is 23.2 Å². The molecule has 76 valence electrons. The standard InChI is InChI=1S/C9H13N3O2/c1-5(12-9(10)11)7-3-2-6(13)4-8(7)14/h2-5,13-14H,1H3,(H4,10,11,12)/t5-/m0/s1. The number of phenolic OH excluding ortho intramolecular Hbond substituents is 2. The van der Waals surface area contributed by atoms with Crippen LogP contribution in [0.25, 0.3) is 0 Å². The summed E-state index contributed by atoms with van der Waals surface area (Å²) in [6.45, 7) is 1.74. The molecule has 0 aromatic heterocycles. The van der Waals surface area contributed by atoms with Crippen molar-refractivity contribution in [3.63, 3.8) is 0 Å². The second-order valence-corrected chi connectivity index (χ2v) is 2.97. The maximum Gasteiger partial charge on any atom is 0.186 e. The molecule has 0 saturated carbocycles. The molecule has 0 radical (unpaired) electrons. The van der Waals surface area contributed by atoms with Crippen LogP contribution in [0.2, 0.25) is 0 Å². The number of aliphatic imine (C=N–C) groups is 1. The number of phenols is 2. The number of hydrogen-bond acceptors (Lipinski definition) is 3. The monoisotopic (exact) mass is 195 g/mol. The van der Waals surface area contributed by atoms with Crippen LogP contribution >= 0.6 is 0 Å². The summed E-state index contributed by atoms with van der Waals surface area (Å²) in [5.41, 5.74) is 11.0. The molecule has 0 amide bonds. The first-order valence-electron chi connectivity index (χ1n) is 4.11. The minimum atomic E-state index is -0.333. The average Bonchev–Trinajstić information content (AvgIpc) is 2.01. The van der Waals surface area contributed by atoms with Crippen molar-refractivity contribution >= 4 is 5.96 Å². The topological polar surface area (TPSA) is 105 Å². The summed E-state index contributed by atoms with van der Waals surface area (Å²) >= 11 is 0. The lowest BCUT2D eigenvalue weighted by atomic mass is 10.1. The van der Waals surface area contributed by atoms with E-state index in [0.29, 0.717) is 5.56 Å². The number of hydrogen-bond donors (Lipinski definition) is 4. The fourth-order valence-electron chi connectivity index (χ4n) is 1.18. The highest BCUT2D eigenvalue weighted by Crippen LogP contribution is 2.29. The minimum absolute atomic E-state index is 0.00292. The lowest BCUT2D eigenvalue weighted by Gasteiger charge is -2.09. The fourth-order valence-corrected chi connectivity index (χ4v) is 1.18. The van der Waals surface area contributed by atoms with Gasteiger partial charge in [-0.1, -0.05) is 0 Å². The fraction of sp³-hybridized carbons (Fsp3) is 0.222. The SMILES string of the molecule is C[C@H](N=C(N)N)c1ccc(O)cc1O. The first kappa shape index (κ1) is 10.2. The Morgan fingerprint density at radius 1 is 1.36 bits per heavy atom. The van der Waals surface area contributed by atoms with Gasteiger partial charge in [-0.05, 0) is 19.1 Å². The van der Waals surface area contributed by atoms with Gasteiger partial charge in [0.1, 0.15) is 11.5 Å². The summed E-state index contributed by atoms with van der Waals surface area (Å²) in [7, 11) is 0. The summed E-state index contributed by atoms with van der Waals surface area (Å²) in [5, 5.41) is 18.5. The molecule has 1 aromatic carbocycles. The Bertz CT molecular complexity index is 359. The molecule has 0 unspecified atom stereocenters. The van der Waals surface area contributed by atoms with Crippen molar-refractivity contribution in [2.24, 2.45) is 16.5 Å². The van der Waals surface area contributed by atoms with Gasteiger partial charge in [0.05, 0.1) is 6.04 Å². The predicted octanol–water partition coefficient (Wildman–Crippen LogP) is 0.432. The molecule has 0 aliphatic heterocycles. The molecule has 1 rings (SSSR count). The maximum atomic E-state index is 9.46. The smallest absolute Gasteiger partial charge is 0.186 e. The van der Waals surface area contributed by atoms with Crippen LogP contribution in [-0.4, -0.2) is 16.2 Å². The van der Waals surface area contributed by atoms with Gasteiger partial charge < -0.3 is 21.7 Å². The second kappa shape index (κ2) is 3.87. The van der Waals surface area contributed by atoms with Crippen LogP contribution in [0.1, 0.15) is 18.5 Å². The van der Waals surface area contributed by atoms with Crippen molar-refractivity contribution in [1.29, 1.82) is 0 Å². The summed E-state index contributed by atoms with van der Waals surface area (Å²) in [6.07, 6.45) is 0. The van der Waals surface area contributed by atoms with Gasteiger partial charge >= 0.3 is 0 Å². The third-order valence-corrected chi connectivity index (χ3v) is 1.81. The lowest BCUT2D eigenvalue weighted by molar-refractivity contribution is 0.443. The highest BCUT2D eigenvalue weighted by molar-refractivity contribution is 5.76. The molecule has 5 nitrogen and oxygen atoms in total. The van der Waals surface area contributed by atoms with Crippen LogP contribution in [0.4, 0.5) is 0 Å². The van der Waals surface area contributed by atoms with Crippen LogP contribution in [-0.2, 0) is 0 Å². The van der Waals surface area contributed by atoms with Crippen molar-refractivity contribution in [1.82, 2.24) is 0 Å². The molecule has 1 atom stereocenters. The van der Waals surface area contributed by atoms with E-state index in [-0.39, 0.29) is 23.5 Å². The Morgan fingerprint density at radius 3 is 2.50 bits per heavy atom. The third kappa shape index (κ3) is 2.29. The van der Waals surface area contributed by atoms with Crippen molar-refractivity contribution in [3.8, 4) is 11.5 Å². The van der Waals surface area contributed by atoms with Crippen LogP contribution < -0.4 is 11.5 Å². The molecule has 0 aliphatic carbocycles. The Morgan fingerprint density at radius 2 is 2.00 bits per heavy atom. The zero-order chi connectivity index (χ0) is 10.7. The Balaban J connectivity index is 3.02.